The number of benzene rings is 1. The van der Waals surface area contributed by atoms with Crippen molar-refractivity contribution in [3.8, 4) is 0 Å². The fourth-order valence-corrected chi connectivity index (χ4v) is 3.36. The maximum absolute atomic E-state index is 6.15. The Morgan fingerprint density at radius 3 is 2.62 bits per heavy atom. The maximum Gasteiger partial charge on any atom is 0.0595 e. The standard InChI is InChI=1S/C17H26Cl2N2/c1-5-17(4)11-21(16(9-20-17)12(2)3)10-13-6-7-14(18)15(19)8-13/h6-8,12,16,20H,5,9-11H2,1-4H3. The molecule has 0 aliphatic carbocycles. The molecule has 1 aromatic rings. The van der Waals surface area contributed by atoms with E-state index in [9.17, 15) is 0 Å². The van der Waals surface area contributed by atoms with Crippen LogP contribution in [0.2, 0.25) is 10.0 Å². The summed E-state index contributed by atoms with van der Waals surface area (Å²) in [6.45, 7) is 12.2. The largest absolute Gasteiger partial charge is 0.309 e. The van der Waals surface area contributed by atoms with Crippen molar-refractivity contribution in [2.45, 2.75) is 52.2 Å². The minimum absolute atomic E-state index is 0.196. The van der Waals surface area contributed by atoms with E-state index in [0.717, 1.165) is 26.1 Å². The van der Waals surface area contributed by atoms with Gasteiger partial charge in [-0.3, -0.25) is 4.90 Å². The van der Waals surface area contributed by atoms with Crippen LogP contribution in [0.25, 0.3) is 0 Å². The van der Waals surface area contributed by atoms with Crippen molar-refractivity contribution in [3.63, 3.8) is 0 Å². The summed E-state index contributed by atoms with van der Waals surface area (Å²) >= 11 is 12.2. The van der Waals surface area contributed by atoms with E-state index in [1.807, 2.05) is 12.1 Å². The quantitative estimate of drug-likeness (QED) is 0.869. The van der Waals surface area contributed by atoms with Gasteiger partial charge in [0.05, 0.1) is 10.0 Å². The Balaban J connectivity index is 2.17. The molecule has 0 aromatic heterocycles. The van der Waals surface area contributed by atoms with E-state index >= 15 is 0 Å². The lowest BCUT2D eigenvalue weighted by Gasteiger charge is -2.47. The lowest BCUT2D eigenvalue weighted by molar-refractivity contribution is 0.0539. The molecular weight excluding hydrogens is 303 g/mol. The number of nitrogens with zero attached hydrogens (tertiary/aromatic N) is 1. The van der Waals surface area contributed by atoms with Gasteiger partial charge in [-0.05, 0) is 37.0 Å². The van der Waals surface area contributed by atoms with Crippen molar-refractivity contribution in [1.82, 2.24) is 10.2 Å². The first-order valence-electron chi connectivity index (χ1n) is 7.77. The molecule has 1 aliphatic rings. The molecule has 2 nitrogen and oxygen atoms in total. The second-order valence-electron chi connectivity index (χ2n) is 6.76. The molecule has 0 bridgehead atoms. The highest BCUT2D eigenvalue weighted by atomic mass is 35.5. The van der Waals surface area contributed by atoms with Crippen molar-refractivity contribution in [3.05, 3.63) is 33.8 Å². The number of halogens is 2. The number of hydrogen-bond acceptors (Lipinski definition) is 2. The topological polar surface area (TPSA) is 15.3 Å². The van der Waals surface area contributed by atoms with E-state index in [0.29, 0.717) is 22.0 Å². The normalized spacial score (nSPS) is 27.3. The van der Waals surface area contributed by atoms with Gasteiger partial charge in [0.15, 0.2) is 0 Å². The van der Waals surface area contributed by atoms with E-state index in [4.69, 9.17) is 23.2 Å². The van der Waals surface area contributed by atoms with Crippen LogP contribution in [0.15, 0.2) is 18.2 Å². The third-order valence-corrected chi connectivity index (χ3v) is 5.42. The molecule has 1 aliphatic heterocycles. The molecule has 1 aromatic carbocycles. The van der Waals surface area contributed by atoms with E-state index in [2.05, 4.69) is 44.0 Å². The summed E-state index contributed by atoms with van der Waals surface area (Å²) < 4.78 is 0. The van der Waals surface area contributed by atoms with Crippen LogP contribution in [0.5, 0.6) is 0 Å². The zero-order valence-electron chi connectivity index (χ0n) is 13.4. The summed E-state index contributed by atoms with van der Waals surface area (Å²) in [6.07, 6.45) is 1.13. The summed E-state index contributed by atoms with van der Waals surface area (Å²) in [6, 6.07) is 6.52. The van der Waals surface area contributed by atoms with Gasteiger partial charge in [0.1, 0.15) is 0 Å². The average molecular weight is 329 g/mol. The number of hydrogen-bond donors (Lipinski definition) is 1. The van der Waals surface area contributed by atoms with Gasteiger partial charge in [-0.25, -0.2) is 0 Å². The highest BCUT2D eigenvalue weighted by Gasteiger charge is 2.35. The smallest absolute Gasteiger partial charge is 0.0595 e. The summed E-state index contributed by atoms with van der Waals surface area (Å²) in [5.74, 6) is 0.627. The van der Waals surface area contributed by atoms with Gasteiger partial charge < -0.3 is 5.32 Å². The minimum atomic E-state index is 0.196. The maximum atomic E-state index is 6.15. The summed E-state index contributed by atoms with van der Waals surface area (Å²) in [7, 11) is 0. The van der Waals surface area contributed by atoms with Gasteiger partial charge in [0.25, 0.3) is 0 Å². The molecule has 1 heterocycles. The fourth-order valence-electron chi connectivity index (χ4n) is 3.04. The molecule has 1 N–H and O–H groups in total. The molecule has 118 valence electrons. The van der Waals surface area contributed by atoms with E-state index in [1.165, 1.54) is 5.56 Å². The monoisotopic (exact) mass is 328 g/mol. The molecule has 0 saturated carbocycles. The molecule has 4 heteroatoms. The highest BCUT2D eigenvalue weighted by molar-refractivity contribution is 6.42. The van der Waals surface area contributed by atoms with Crippen LogP contribution in [0.3, 0.4) is 0 Å². The highest BCUT2D eigenvalue weighted by Crippen LogP contribution is 2.27. The van der Waals surface area contributed by atoms with Crippen molar-refractivity contribution >= 4 is 23.2 Å². The molecule has 1 saturated heterocycles. The molecule has 0 radical (unpaired) electrons. The Kier molecular flexibility index (Phi) is 5.59. The Morgan fingerprint density at radius 2 is 2.05 bits per heavy atom. The zero-order chi connectivity index (χ0) is 15.6. The van der Waals surface area contributed by atoms with Gasteiger partial charge >= 0.3 is 0 Å². The first-order chi connectivity index (χ1) is 9.84. The lowest BCUT2D eigenvalue weighted by atomic mass is 9.89. The second-order valence-corrected chi connectivity index (χ2v) is 7.57. The van der Waals surface area contributed by atoms with Crippen molar-refractivity contribution < 1.29 is 0 Å². The van der Waals surface area contributed by atoms with Gasteiger partial charge in [-0.1, -0.05) is 50.0 Å². The van der Waals surface area contributed by atoms with Gasteiger partial charge in [0, 0.05) is 31.2 Å². The molecular formula is C17H26Cl2N2. The predicted octanol–water partition coefficient (Wildman–Crippen LogP) is 4.59. The Hall–Kier alpha value is -0.280. The molecule has 2 unspecified atom stereocenters. The van der Waals surface area contributed by atoms with Crippen LogP contribution in [-0.2, 0) is 6.54 Å². The molecule has 0 spiro atoms. The third-order valence-electron chi connectivity index (χ3n) is 4.68. The first-order valence-corrected chi connectivity index (χ1v) is 8.53. The Morgan fingerprint density at radius 1 is 1.33 bits per heavy atom. The van der Waals surface area contributed by atoms with Crippen LogP contribution >= 0.6 is 23.2 Å². The molecule has 1 fully saturated rings. The van der Waals surface area contributed by atoms with Crippen LogP contribution in [-0.4, -0.2) is 29.6 Å². The van der Waals surface area contributed by atoms with E-state index < -0.39 is 0 Å². The second kappa shape index (κ2) is 6.87. The Bertz CT molecular complexity index is 490. The lowest BCUT2D eigenvalue weighted by Crippen LogP contribution is -2.63. The van der Waals surface area contributed by atoms with Crippen LogP contribution in [0, 0.1) is 5.92 Å². The fraction of sp³-hybridized carbons (Fsp3) is 0.647. The van der Waals surface area contributed by atoms with Gasteiger partial charge in [-0.15, -0.1) is 0 Å². The molecule has 0 amide bonds. The molecule has 2 rings (SSSR count). The van der Waals surface area contributed by atoms with Crippen molar-refractivity contribution in [2.24, 2.45) is 5.92 Å². The summed E-state index contributed by atoms with van der Waals surface area (Å²) in [5.41, 5.74) is 1.43. The molecule has 21 heavy (non-hydrogen) atoms. The van der Waals surface area contributed by atoms with Crippen LogP contribution in [0.4, 0.5) is 0 Å². The van der Waals surface area contributed by atoms with Crippen LogP contribution < -0.4 is 5.32 Å². The Labute approximate surface area is 138 Å². The van der Waals surface area contributed by atoms with Crippen molar-refractivity contribution in [2.75, 3.05) is 13.1 Å². The third kappa shape index (κ3) is 4.13. The zero-order valence-corrected chi connectivity index (χ0v) is 14.9. The van der Waals surface area contributed by atoms with Gasteiger partial charge in [0.2, 0.25) is 0 Å². The number of rotatable bonds is 4. The van der Waals surface area contributed by atoms with Crippen LogP contribution in [0.1, 0.15) is 39.7 Å². The number of nitrogens with one attached hydrogen (secondary N) is 1. The first kappa shape index (κ1) is 17.1. The van der Waals surface area contributed by atoms with Gasteiger partial charge in [-0.2, -0.15) is 0 Å². The number of piperazine rings is 1. The minimum Gasteiger partial charge on any atom is -0.309 e. The van der Waals surface area contributed by atoms with E-state index in [1.54, 1.807) is 0 Å². The SMILES string of the molecule is CCC1(C)CN(Cc2ccc(Cl)c(Cl)c2)C(C(C)C)CN1. The summed E-state index contributed by atoms with van der Waals surface area (Å²) in [4.78, 5) is 2.59. The van der Waals surface area contributed by atoms with Crippen molar-refractivity contribution in [1.29, 1.82) is 0 Å². The average Bonchev–Trinajstić information content (AvgIpc) is 2.43. The summed E-state index contributed by atoms with van der Waals surface area (Å²) in [5, 5.41) is 4.99. The van der Waals surface area contributed by atoms with E-state index in [-0.39, 0.29) is 5.54 Å². The predicted molar refractivity (Wildman–Crippen MR) is 92.2 cm³/mol. The molecule has 2 atom stereocenters.